The van der Waals surface area contributed by atoms with E-state index >= 15 is 0 Å². The molecular formula is C13H15FN4OS. The van der Waals surface area contributed by atoms with Gasteiger partial charge < -0.3 is 9.84 Å². The number of nitrogens with zero attached hydrogens (tertiary/aromatic N) is 3. The van der Waals surface area contributed by atoms with Crippen LogP contribution in [0.3, 0.4) is 0 Å². The normalized spacial score (nSPS) is 22.3. The number of halogens is 1. The molecule has 0 bridgehead atoms. The Morgan fingerprint density at radius 2 is 2.35 bits per heavy atom. The van der Waals surface area contributed by atoms with Crippen LogP contribution in [-0.4, -0.2) is 39.2 Å². The maximum Gasteiger partial charge on any atom is 0.232 e. The van der Waals surface area contributed by atoms with Crippen LogP contribution in [-0.2, 0) is 0 Å². The van der Waals surface area contributed by atoms with Crippen LogP contribution in [0.1, 0.15) is 18.7 Å². The van der Waals surface area contributed by atoms with Gasteiger partial charge in [-0.2, -0.15) is 16.7 Å². The first kappa shape index (κ1) is 13.5. The third-order valence-electron chi connectivity index (χ3n) is 3.26. The molecule has 0 spiro atoms. The van der Waals surface area contributed by atoms with E-state index in [1.807, 2.05) is 11.8 Å². The highest BCUT2D eigenvalue weighted by Gasteiger charge is 2.33. The lowest BCUT2D eigenvalue weighted by Gasteiger charge is -2.15. The lowest BCUT2D eigenvalue weighted by atomic mass is 10.0. The van der Waals surface area contributed by atoms with Crippen LogP contribution >= 0.6 is 11.8 Å². The fourth-order valence-electron chi connectivity index (χ4n) is 2.26. The fourth-order valence-corrected chi connectivity index (χ4v) is 3.63. The van der Waals surface area contributed by atoms with E-state index in [0.29, 0.717) is 23.5 Å². The molecule has 1 fully saturated rings. The van der Waals surface area contributed by atoms with Gasteiger partial charge in [0, 0.05) is 17.5 Å². The van der Waals surface area contributed by atoms with Crippen molar-refractivity contribution in [1.82, 2.24) is 20.4 Å². The molecule has 2 aromatic heterocycles. The van der Waals surface area contributed by atoms with Crippen LogP contribution in [0.5, 0.6) is 0 Å². The SMILES string of the molecule is CCNC1CSCC1c1nc(-c2ccc(F)cn2)no1. The van der Waals surface area contributed by atoms with Crippen LogP contribution in [0.25, 0.3) is 11.5 Å². The van der Waals surface area contributed by atoms with Gasteiger partial charge in [0.05, 0.1) is 12.1 Å². The zero-order valence-corrected chi connectivity index (χ0v) is 11.9. The Balaban J connectivity index is 1.81. The molecule has 1 saturated heterocycles. The quantitative estimate of drug-likeness (QED) is 0.931. The van der Waals surface area contributed by atoms with Crippen molar-refractivity contribution >= 4 is 11.8 Å². The molecule has 7 heteroatoms. The average Bonchev–Trinajstić information content (AvgIpc) is 3.08. The van der Waals surface area contributed by atoms with Gasteiger partial charge >= 0.3 is 0 Å². The summed E-state index contributed by atoms with van der Waals surface area (Å²) in [4.78, 5) is 8.37. The van der Waals surface area contributed by atoms with Crippen molar-refractivity contribution in [2.75, 3.05) is 18.1 Å². The second-order valence-electron chi connectivity index (χ2n) is 4.63. The van der Waals surface area contributed by atoms with Gasteiger partial charge in [0.2, 0.25) is 11.7 Å². The summed E-state index contributed by atoms with van der Waals surface area (Å²) < 4.78 is 18.2. The van der Waals surface area contributed by atoms with Gasteiger partial charge in [0.15, 0.2) is 0 Å². The van der Waals surface area contributed by atoms with E-state index in [4.69, 9.17) is 4.52 Å². The minimum atomic E-state index is -0.378. The highest BCUT2D eigenvalue weighted by molar-refractivity contribution is 7.99. The van der Waals surface area contributed by atoms with Crippen LogP contribution in [0.15, 0.2) is 22.9 Å². The van der Waals surface area contributed by atoms with Crippen molar-refractivity contribution in [2.24, 2.45) is 0 Å². The molecule has 3 heterocycles. The number of pyridine rings is 1. The monoisotopic (exact) mass is 294 g/mol. The van der Waals surface area contributed by atoms with Crippen molar-refractivity contribution < 1.29 is 8.91 Å². The summed E-state index contributed by atoms with van der Waals surface area (Å²) in [7, 11) is 0. The van der Waals surface area contributed by atoms with Crippen molar-refractivity contribution in [3.63, 3.8) is 0 Å². The Morgan fingerprint density at radius 3 is 3.10 bits per heavy atom. The summed E-state index contributed by atoms with van der Waals surface area (Å²) in [6.07, 6.45) is 1.15. The Hall–Kier alpha value is -1.47. The molecule has 0 radical (unpaired) electrons. The predicted molar refractivity (Wildman–Crippen MR) is 75.0 cm³/mol. The maximum absolute atomic E-state index is 12.9. The fraction of sp³-hybridized carbons (Fsp3) is 0.462. The maximum atomic E-state index is 12.9. The molecule has 0 aliphatic carbocycles. The first-order chi connectivity index (χ1) is 9.78. The second-order valence-corrected chi connectivity index (χ2v) is 5.70. The van der Waals surface area contributed by atoms with E-state index < -0.39 is 0 Å². The minimum absolute atomic E-state index is 0.224. The zero-order chi connectivity index (χ0) is 13.9. The topological polar surface area (TPSA) is 63.8 Å². The summed E-state index contributed by atoms with van der Waals surface area (Å²) in [5.41, 5.74) is 0.520. The molecule has 0 amide bonds. The molecule has 1 aliphatic heterocycles. The standard InChI is InChI=1S/C13H15FN4OS/c1-2-15-11-7-20-6-9(11)13-17-12(18-19-13)10-4-3-8(14)5-16-10/h3-5,9,11,15H,2,6-7H2,1H3. The van der Waals surface area contributed by atoms with Gasteiger partial charge in [-0.15, -0.1) is 0 Å². The van der Waals surface area contributed by atoms with E-state index in [2.05, 4.69) is 27.4 Å². The van der Waals surface area contributed by atoms with Gasteiger partial charge in [-0.05, 0) is 18.7 Å². The molecular weight excluding hydrogens is 279 g/mol. The highest BCUT2D eigenvalue weighted by atomic mass is 32.2. The molecule has 20 heavy (non-hydrogen) atoms. The lowest BCUT2D eigenvalue weighted by Crippen LogP contribution is -2.34. The van der Waals surface area contributed by atoms with Crippen molar-refractivity contribution in [3.05, 3.63) is 30.0 Å². The van der Waals surface area contributed by atoms with Crippen molar-refractivity contribution in [1.29, 1.82) is 0 Å². The first-order valence-electron chi connectivity index (χ1n) is 6.54. The number of thioether (sulfide) groups is 1. The third-order valence-corrected chi connectivity index (χ3v) is 4.45. The Bertz CT molecular complexity index is 574. The molecule has 0 aromatic carbocycles. The Morgan fingerprint density at radius 1 is 1.45 bits per heavy atom. The van der Waals surface area contributed by atoms with Crippen LogP contribution in [0.4, 0.5) is 4.39 Å². The highest BCUT2D eigenvalue weighted by Crippen LogP contribution is 2.32. The third kappa shape index (κ3) is 2.69. The van der Waals surface area contributed by atoms with Crippen molar-refractivity contribution in [3.8, 4) is 11.5 Å². The van der Waals surface area contributed by atoms with E-state index in [9.17, 15) is 4.39 Å². The minimum Gasteiger partial charge on any atom is -0.339 e. The summed E-state index contributed by atoms with van der Waals surface area (Å²) in [6.45, 7) is 3.00. The van der Waals surface area contributed by atoms with Crippen LogP contribution < -0.4 is 5.32 Å². The largest absolute Gasteiger partial charge is 0.339 e. The molecule has 106 valence electrons. The van der Waals surface area contributed by atoms with E-state index in [1.165, 1.54) is 6.07 Å². The number of hydrogen-bond acceptors (Lipinski definition) is 6. The van der Waals surface area contributed by atoms with E-state index in [-0.39, 0.29) is 11.7 Å². The van der Waals surface area contributed by atoms with Gasteiger partial charge in [0.1, 0.15) is 11.5 Å². The van der Waals surface area contributed by atoms with Gasteiger partial charge in [-0.3, -0.25) is 0 Å². The molecule has 0 saturated carbocycles. The summed E-state index contributed by atoms with van der Waals surface area (Å²) in [5, 5.41) is 7.38. The molecule has 2 unspecified atom stereocenters. The smallest absolute Gasteiger partial charge is 0.232 e. The Labute approximate surface area is 120 Å². The molecule has 5 nitrogen and oxygen atoms in total. The number of hydrogen-bond donors (Lipinski definition) is 1. The van der Waals surface area contributed by atoms with Crippen LogP contribution in [0.2, 0.25) is 0 Å². The zero-order valence-electron chi connectivity index (χ0n) is 11.0. The number of nitrogens with one attached hydrogen (secondary N) is 1. The number of likely N-dealkylation sites (N-methyl/N-ethyl adjacent to an activating group) is 1. The lowest BCUT2D eigenvalue weighted by molar-refractivity contribution is 0.340. The molecule has 1 aliphatic rings. The van der Waals surface area contributed by atoms with E-state index in [1.54, 1.807) is 6.07 Å². The van der Waals surface area contributed by atoms with Gasteiger partial charge in [-0.1, -0.05) is 12.1 Å². The molecule has 1 N–H and O–H groups in total. The number of rotatable bonds is 4. The summed E-state index contributed by atoms with van der Waals surface area (Å²) in [6, 6.07) is 3.25. The second kappa shape index (κ2) is 5.88. The number of aromatic nitrogens is 3. The molecule has 2 aromatic rings. The average molecular weight is 294 g/mol. The van der Waals surface area contributed by atoms with Gasteiger partial charge in [0.25, 0.3) is 0 Å². The predicted octanol–water partition coefficient (Wildman–Crippen LogP) is 2.08. The van der Waals surface area contributed by atoms with Crippen molar-refractivity contribution in [2.45, 2.75) is 18.9 Å². The first-order valence-corrected chi connectivity index (χ1v) is 7.70. The van der Waals surface area contributed by atoms with Crippen LogP contribution in [0, 0.1) is 5.82 Å². The molecule has 3 rings (SSSR count). The Kier molecular flexibility index (Phi) is 3.98. The summed E-state index contributed by atoms with van der Waals surface area (Å²) >= 11 is 1.88. The van der Waals surface area contributed by atoms with Gasteiger partial charge in [-0.25, -0.2) is 9.37 Å². The van der Waals surface area contributed by atoms with E-state index in [0.717, 1.165) is 24.2 Å². The molecule has 2 atom stereocenters. The summed E-state index contributed by atoms with van der Waals surface area (Å²) in [5.74, 6) is 2.90.